The van der Waals surface area contributed by atoms with Crippen molar-refractivity contribution in [2.24, 2.45) is 0 Å². The van der Waals surface area contributed by atoms with Crippen molar-refractivity contribution in [1.29, 1.82) is 0 Å². The molecule has 0 fully saturated rings. The molecular weight excluding hydrogens is 324 g/mol. The zero-order valence-corrected chi connectivity index (χ0v) is 16.1. The van der Waals surface area contributed by atoms with Gasteiger partial charge in [0.1, 0.15) is 0 Å². The van der Waals surface area contributed by atoms with Crippen molar-refractivity contribution in [1.82, 2.24) is 9.21 Å². The molecule has 0 saturated carbocycles. The van der Waals surface area contributed by atoms with Gasteiger partial charge in [0, 0.05) is 32.6 Å². The average molecular weight is 355 g/mol. The standard InChI is InChI=1S/C18H30N2O3S/c1-5-11-19(12-6-2)18(21)10-13-20(24(4,22)23)15-17-9-7-8-16(3)14-17/h7-9,14H,5-6,10-13,15H2,1-4H3. The summed E-state index contributed by atoms with van der Waals surface area (Å²) in [4.78, 5) is 14.2. The fourth-order valence-corrected chi connectivity index (χ4v) is 3.46. The molecule has 24 heavy (non-hydrogen) atoms. The van der Waals surface area contributed by atoms with E-state index in [1.165, 1.54) is 10.6 Å². The predicted molar refractivity (Wildman–Crippen MR) is 98.2 cm³/mol. The number of amides is 1. The van der Waals surface area contributed by atoms with Crippen LogP contribution in [-0.2, 0) is 21.4 Å². The van der Waals surface area contributed by atoms with E-state index < -0.39 is 10.0 Å². The first-order valence-electron chi connectivity index (χ1n) is 8.56. The van der Waals surface area contributed by atoms with Gasteiger partial charge in [-0.15, -0.1) is 0 Å². The molecule has 0 aromatic heterocycles. The molecular formula is C18H30N2O3S. The van der Waals surface area contributed by atoms with Crippen LogP contribution in [0, 0.1) is 6.92 Å². The van der Waals surface area contributed by atoms with Crippen LogP contribution in [0.2, 0.25) is 0 Å². The summed E-state index contributed by atoms with van der Waals surface area (Å²) in [5.74, 6) is 0.0246. The second-order valence-corrected chi connectivity index (χ2v) is 8.20. The first-order valence-corrected chi connectivity index (χ1v) is 10.4. The van der Waals surface area contributed by atoms with E-state index in [2.05, 4.69) is 0 Å². The largest absolute Gasteiger partial charge is 0.343 e. The monoisotopic (exact) mass is 354 g/mol. The second kappa shape index (κ2) is 9.79. The highest BCUT2D eigenvalue weighted by Crippen LogP contribution is 2.12. The Morgan fingerprint density at radius 3 is 2.21 bits per heavy atom. The Bertz CT molecular complexity index is 623. The summed E-state index contributed by atoms with van der Waals surface area (Å²) in [6.07, 6.45) is 3.23. The minimum absolute atomic E-state index is 0.0246. The van der Waals surface area contributed by atoms with E-state index in [1.807, 2.05) is 49.9 Å². The topological polar surface area (TPSA) is 57.7 Å². The van der Waals surface area contributed by atoms with Crippen LogP contribution in [0.1, 0.15) is 44.2 Å². The molecule has 0 aliphatic rings. The van der Waals surface area contributed by atoms with Crippen LogP contribution >= 0.6 is 0 Å². The van der Waals surface area contributed by atoms with Crippen LogP contribution in [0.3, 0.4) is 0 Å². The minimum Gasteiger partial charge on any atom is -0.343 e. The van der Waals surface area contributed by atoms with Gasteiger partial charge in [0.15, 0.2) is 0 Å². The van der Waals surface area contributed by atoms with E-state index >= 15 is 0 Å². The molecule has 1 rings (SSSR count). The Kier molecular flexibility index (Phi) is 8.42. The van der Waals surface area contributed by atoms with Crippen molar-refractivity contribution in [3.05, 3.63) is 35.4 Å². The summed E-state index contributed by atoms with van der Waals surface area (Å²) in [5.41, 5.74) is 2.03. The van der Waals surface area contributed by atoms with Gasteiger partial charge in [0.2, 0.25) is 15.9 Å². The molecule has 5 nitrogen and oxygen atoms in total. The predicted octanol–water partition coefficient (Wildman–Crippen LogP) is 2.80. The summed E-state index contributed by atoms with van der Waals surface area (Å²) in [6.45, 7) is 8.02. The highest BCUT2D eigenvalue weighted by Gasteiger charge is 2.20. The fourth-order valence-electron chi connectivity index (χ4n) is 2.66. The van der Waals surface area contributed by atoms with Gasteiger partial charge in [-0.1, -0.05) is 43.7 Å². The molecule has 1 aromatic rings. The Morgan fingerprint density at radius 1 is 1.08 bits per heavy atom. The summed E-state index contributed by atoms with van der Waals surface area (Å²) >= 11 is 0. The Morgan fingerprint density at radius 2 is 1.71 bits per heavy atom. The molecule has 0 saturated heterocycles. The third kappa shape index (κ3) is 7.01. The molecule has 6 heteroatoms. The lowest BCUT2D eigenvalue weighted by molar-refractivity contribution is -0.131. The van der Waals surface area contributed by atoms with Crippen molar-refractivity contribution in [3.8, 4) is 0 Å². The SMILES string of the molecule is CCCN(CCC)C(=O)CCN(Cc1cccc(C)c1)S(C)(=O)=O. The van der Waals surface area contributed by atoms with Gasteiger partial charge < -0.3 is 4.90 Å². The zero-order chi connectivity index (χ0) is 18.2. The van der Waals surface area contributed by atoms with Crippen LogP contribution in [0.15, 0.2) is 24.3 Å². The number of rotatable bonds is 10. The van der Waals surface area contributed by atoms with E-state index in [1.54, 1.807) is 0 Å². The Hall–Kier alpha value is -1.40. The summed E-state index contributed by atoms with van der Waals surface area (Å²) in [5, 5.41) is 0. The van der Waals surface area contributed by atoms with Crippen molar-refractivity contribution in [2.45, 2.75) is 46.6 Å². The number of benzene rings is 1. The molecule has 0 aliphatic heterocycles. The van der Waals surface area contributed by atoms with Crippen LogP contribution < -0.4 is 0 Å². The number of hydrogen-bond donors (Lipinski definition) is 0. The molecule has 0 unspecified atom stereocenters. The molecule has 1 amide bonds. The average Bonchev–Trinajstić information content (AvgIpc) is 2.50. The summed E-state index contributed by atoms with van der Waals surface area (Å²) in [6, 6.07) is 7.78. The van der Waals surface area contributed by atoms with Crippen LogP contribution in [0.5, 0.6) is 0 Å². The summed E-state index contributed by atoms with van der Waals surface area (Å²) < 4.78 is 25.5. The van der Waals surface area contributed by atoms with E-state index in [-0.39, 0.29) is 18.9 Å². The van der Waals surface area contributed by atoms with E-state index in [9.17, 15) is 13.2 Å². The number of aryl methyl sites for hydroxylation is 1. The maximum absolute atomic E-state index is 12.4. The Labute approximate surface area is 146 Å². The molecule has 0 radical (unpaired) electrons. The van der Waals surface area contributed by atoms with Crippen molar-refractivity contribution in [3.63, 3.8) is 0 Å². The first kappa shape index (κ1) is 20.6. The van der Waals surface area contributed by atoms with Crippen LogP contribution in [0.4, 0.5) is 0 Å². The fraction of sp³-hybridized carbons (Fsp3) is 0.611. The highest BCUT2D eigenvalue weighted by atomic mass is 32.2. The van der Waals surface area contributed by atoms with E-state index in [0.29, 0.717) is 6.54 Å². The van der Waals surface area contributed by atoms with Gasteiger partial charge in [-0.05, 0) is 25.3 Å². The highest BCUT2D eigenvalue weighted by molar-refractivity contribution is 7.88. The maximum atomic E-state index is 12.4. The zero-order valence-electron chi connectivity index (χ0n) is 15.3. The van der Waals surface area contributed by atoms with E-state index in [0.717, 1.165) is 37.1 Å². The van der Waals surface area contributed by atoms with Gasteiger partial charge in [0.25, 0.3) is 0 Å². The summed E-state index contributed by atoms with van der Waals surface area (Å²) in [7, 11) is -3.36. The van der Waals surface area contributed by atoms with Crippen LogP contribution in [-0.4, -0.2) is 49.4 Å². The minimum atomic E-state index is -3.36. The molecule has 136 valence electrons. The van der Waals surface area contributed by atoms with Gasteiger partial charge in [0.05, 0.1) is 6.26 Å². The van der Waals surface area contributed by atoms with Crippen LogP contribution in [0.25, 0.3) is 0 Å². The third-order valence-electron chi connectivity index (χ3n) is 3.83. The van der Waals surface area contributed by atoms with E-state index in [4.69, 9.17) is 0 Å². The third-order valence-corrected chi connectivity index (χ3v) is 5.07. The molecule has 0 spiro atoms. The molecule has 0 bridgehead atoms. The van der Waals surface area contributed by atoms with Crippen molar-refractivity contribution < 1.29 is 13.2 Å². The molecule has 0 N–H and O–H groups in total. The first-order chi connectivity index (χ1) is 11.3. The normalized spacial score (nSPS) is 11.7. The quantitative estimate of drug-likeness (QED) is 0.649. The lowest BCUT2D eigenvalue weighted by atomic mass is 10.1. The molecule has 0 heterocycles. The number of carbonyl (C=O) groups excluding carboxylic acids is 1. The van der Waals surface area contributed by atoms with Crippen molar-refractivity contribution in [2.75, 3.05) is 25.9 Å². The smallest absolute Gasteiger partial charge is 0.223 e. The van der Waals surface area contributed by atoms with Gasteiger partial charge in [-0.2, -0.15) is 4.31 Å². The lowest BCUT2D eigenvalue weighted by Gasteiger charge is -2.24. The molecule has 1 aromatic carbocycles. The van der Waals surface area contributed by atoms with Crippen molar-refractivity contribution >= 4 is 15.9 Å². The number of hydrogen-bond acceptors (Lipinski definition) is 3. The Balaban J connectivity index is 2.75. The van der Waals surface area contributed by atoms with Gasteiger partial charge >= 0.3 is 0 Å². The lowest BCUT2D eigenvalue weighted by Crippen LogP contribution is -2.37. The molecule has 0 atom stereocenters. The molecule has 0 aliphatic carbocycles. The number of sulfonamides is 1. The van der Waals surface area contributed by atoms with Gasteiger partial charge in [-0.25, -0.2) is 8.42 Å². The number of nitrogens with zero attached hydrogens (tertiary/aromatic N) is 2. The number of carbonyl (C=O) groups is 1. The second-order valence-electron chi connectivity index (χ2n) is 6.22. The maximum Gasteiger partial charge on any atom is 0.223 e. The van der Waals surface area contributed by atoms with Gasteiger partial charge in [-0.3, -0.25) is 4.79 Å².